The lowest BCUT2D eigenvalue weighted by Crippen LogP contribution is -2.48. The van der Waals surface area contributed by atoms with E-state index >= 15 is 0 Å². The molecule has 2 unspecified atom stereocenters. The van der Waals surface area contributed by atoms with Gasteiger partial charge in [0.05, 0.1) is 6.54 Å². The van der Waals surface area contributed by atoms with Crippen LogP contribution in [-0.2, 0) is 4.79 Å². The highest BCUT2D eigenvalue weighted by Gasteiger charge is 2.31. The molecule has 1 amide bonds. The summed E-state index contributed by atoms with van der Waals surface area (Å²) in [7, 11) is 0. The molecule has 5 nitrogen and oxygen atoms in total. The molecule has 0 radical (unpaired) electrons. The normalized spacial score (nSPS) is 27.4. The number of benzene rings is 1. The number of hydrogen-bond donors (Lipinski definition) is 2. The van der Waals surface area contributed by atoms with Gasteiger partial charge in [0.15, 0.2) is 0 Å². The number of carbonyl (C=O) groups excluding carboxylic acids is 1. The van der Waals surface area contributed by atoms with Crippen molar-refractivity contribution in [3.63, 3.8) is 0 Å². The topological polar surface area (TPSA) is 55.8 Å². The number of anilines is 1. The molecule has 0 aromatic heterocycles. The van der Waals surface area contributed by atoms with Gasteiger partial charge in [-0.25, -0.2) is 0 Å². The van der Waals surface area contributed by atoms with Crippen LogP contribution in [0.5, 0.6) is 0 Å². The minimum absolute atomic E-state index is 0.0554. The van der Waals surface area contributed by atoms with Gasteiger partial charge in [0, 0.05) is 43.9 Å². The number of nitrogens with zero attached hydrogens (tertiary/aromatic N) is 2. The lowest BCUT2D eigenvalue weighted by atomic mass is 9.83. The van der Waals surface area contributed by atoms with Crippen LogP contribution in [0.15, 0.2) is 30.3 Å². The predicted octanol–water partition coefficient (Wildman–Crippen LogP) is 1.72. The maximum Gasteiger partial charge on any atom is 0.234 e. The number of likely N-dealkylation sites (tertiary alicyclic amines) is 1. The van der Waals surface area contributed by atoms with E-state index in [-0.39, 0.29) is 17.9 Å². The molecule has 2 fully saturated rings. The number of aliphatic hydroxyl groups excluding tert-OH is 1. The predicted molar refractivity (Wildman–Crippen MR) is 101 cm³/mol. The Bertz CT molecular complexity index is 565. The first-order valence-corrected chi connectivity index (χ1v) is 9.48. The Labute approximate surface area is 151 Å². The third-order valence-corrected chi connectivity index (χ3v) is 5.60. The van der Waals surface area contributed by atoms with Crippen LogP contribution in [0.2, 0.25) is 0 Å². The quantitative estimate of drug-likeness (QED) is 0.824. The lowest BCUT2D eigenvalue weighted by molar-refractivity contribution is -0.123. The van der Waals surface area contributed by atoms with Gasteiger partial charge < -0.3 is 15.3 Å². The second-order valence-electron chi connectivity index (χ2n) is 8.02. The Hall–Kier alpha value is -1.59. The smallest absolute Gasteiger partial charge is 0.234 e. The Morgan fingerprint density at radius 2 is 2.12 bits per heavy atom. The van der Waals surface area contributed by atoms with Crippen molar-refractivity contribution in [2.75, 3.05) is 50.8 Å². The fourth-order valence-corrected chi connectivity index (χ4v) is 4.08. The summed E-state index contributed by atoms with van der Waals surface area (Å²) in [5, 5.41) is 12.7. The van der Waals surface area contributed by atoms with E-state index in [2.05, 4.69) is 46.3 Å². The summed E-state index contributed by atoms with van der Waals surface area (Å²) in [5.74, 6) is 0.633. The third-order valence-electron chi connectivity index (χ3n) is 5.60. The third kappa shape index (κ3) is 4.95. The van der Waals surface area contributed by atoms with Gasteiger partial charge in [-0.1, -0.05) is 25.1 Å². The van der Waals surface area contributed by atoms with Gasteiger partial charge in [-0.2, -0.15) is 0 Å². The molecule has 0 saturated carbocycles. The molecule has 2 atom stereocenters. The summed E-state index contributed by atoms with van der Waals surface area (Å²) in [6, 6.07) is 10.5. The average molecular weight is 345 g/mol. The van der Waals surface area contributed by atoms with Gasteiger partial charge in [0.25, 0.3) is 0 Å². The Kier molecular flexibility index (Phi) is 5.97. The van der Waals surface area contributed by atoms with Crippen molar-refractivity contribution in [3.8, 4) is 0 Å². The van der Waals surface area contributed by atoms with Crippen molar-refractivity contribution in [2.24, 2.45) is 11.3 Å². The molecule has 138 valence electrons. The van der Waals surface area contributed by atoms with Crippen LogP contribution in [0.1, 0.15) is 26.2 Å². The average Bonchev–Trinajstić information content (AvgIpc) is 3.10. The zero-order valence-electron chi connectivity index (χ0n) is 15.3. The minimum Gasteiger partial charge on any atom is -0.396 e. The summed E-state index contributed by atoms with van der Waals surface area (Å²) in [4.78, 5) is 16.9. The number of nitrogens with one attached hydrogen (secondary N) is 1. The number of rotatable bonds is 6. The van der Waals surface area contributed by atoms with Crippen LogP contribution in [-0.4, -0.2) is 61.8 Å². The van der Waals surface area contributed by atoms with Crippen molar-refractivity contribution < 1.29 is 9.90 Å². The SMILES string of the molecule is CC1(CO)CCCN(CC(=O)NCC2CCN(c3ccccc3)C2)C1. The van der Waals surface area contributed by atoms with E-state index in [1.54, 1.807) is 0 Å². The molecule has 0 spiro atoms. The van der Waals surface area contributed by atoms with Crippen molar-refractivity contribution in [2.45, 2.75) is 26.2 Å². The maximum atomic E-state index is 12.3. The minimum atomic E-state index is -0.0554. The molecule has 2 heterocycles. The Balaban J connectivity index is 1.40. The van der Waals surface area contributed by atoms with Crippen molar-refractivity contribution >= 4 is 11.6 Å². The molecule has 0 aliphatic carbocycles. The molecule has 1 aromatic carbocycles. The maximum absolute atomic E-state index is 12.3. The van der Waals surface area contributed by atoms with E-state index < -0.39 is 0 Å². The van der Waals surface area contributed by atoms with Gasteiger partial charge in [-0.3, -0.25) is 9.69 Å². The van der Waals surface area contributed by atoms with Gasteiger partial charge in [0.2, 0.25) is 5.91 Å². The number of hydrogen-bond acceptors (Lipinski definition) is 4. The highest BCUT2D eigenvalue weighted by molar-refractivity contribution is 5.78. The van der Waals surface area contributed by atoms with Crippen LogP contribution < -0.4 is 10.2 Å². The number of para-hydroxylation sites is 1. The van der Waals surface area contributed by atoms with Crippen LogP contribution in [0.4, 0.5) is 5.69 Å². The highest BCUT2D eigenvalue weighted by Crippen LogP contribution is 2.28. The van der Waals surface area contributed by atoms with E-state index in [0.717, 1.165) is 52.0 Å². The second-order valence-corrected chi connectivity index (χ2v) is 8.02. The molecule has 5 heteroatoms. The summed E-state index contributed by atoms with van der Waals surface area (Å²) in [6.07, 6.45) is 3.22. The number of amides is 1. The number of aliphatic hydroxyl groups is 1. The van der Waals surface area contributed by atoms with Crippen molar-refractivity contribution in [1.82, 2.24) is 10.2 Å². The van der Waals surface area contributed by atoms with Gasteiger partial charge >= 0.3 is 0 Å². The first-order chi connectivity index (χ1) is 12.1. The van der Waals surface area contributed by atoms with Gasteiger partial charge in [0.1, 0.15) is 0 Å². The number of carbonyl (C=O) groups is 1. The van der Waals surface area contributed by atoms with Crippen LogP contribution >= 0.6 is 0 Å². The van der Waals surface area contributed by atoms with Crippen LogP contribution in [0.25, 0.3) is 0 Å². The van der Waals surface area contributed by atoms with E-state index in [0.29, 0.717) is 12.5 Å². The molecule has 0 bridgehead atoms. The van der Waals surface area contributed by atoms with E-state index in [1.807, 2.05) is 6.07 Å². The Morgan fingerprint density at radius 1 is 1.32 bits per heavy atom. The molecule has 3 rings (SSSR count). The lowest BCUT2D eigenvalue weighted by Gasteiger charge is -2.39. The first kappa shape index (κ1) is 18.2. The van der Waals surface area contributed by atoms with Gasteiger partial charge in [-0.15, -0.1) is 0 Å². The first-order valence-electron chi connectivity index (χ1n) is 9.48. The summed E-state index contributed by atoms with van der Waals surface area (Å²) < 4.78 is 0. The van der Waals surface area contributed by atoms with Gasteiger partial charge in [-0.05, 0) is 43.9 Å². The second kappa shape index (κ2) is 8.19. The van der Waals surface area contributed by atoms with Crippen molar-refractivity contribution in [1.29, 1.82) is 0 Å². The van der Waals surface area contributed by atoms with E-state index in [4.69, 9.17) is 0 Å². The zero-order valence-corrected chi connectivity index (χ0v) is 15.3. The standard InChI is InChI=1S/C20H31N3O2/c1-20(16-24)9-5-10-22(15-20)14-19(25)21-12-17-8-11-23(13-17)18-6-3-2-4-7-18/h2-4,6-7,17,24H,5,8-16H2,1H3,(H,21,25). The summed E-state index contributed by atoms with van der Waals surface area (Å²) in [5.41, 5.74) is 1.22. The molecular weight excluding hydrogens is 314 g/mol. The van der Waals surface area contributed by atoms with E-state index in [9.17, 15) is 9.90 Å². The molecule has 2 aliphatic rings. The van der Waals surface area contributed by atoms with Crippen LogP contribution in [0.3, 0.4) is 0 Å². The molecule has 1 aromatic rings. The van der Waals surface area contributed by atoms with E-state index in [1.165, 1.54) is 5.69 Å². The fourth-order valence-electron chi connectivity index (χ4n) is 4.08. The van der Waals surface area contributed by atoms with Crippen molar-refractivity contribution in [3.05, 3.63) is 30.3 Å². The summed E-state index contributed by atoms with van der Waals surface area (Å²) in [6.45, 7) is 7.34. The molecule has 2 saturated heterocycles. The molecular formula is C20H31N3O2. The molecule has 25 heavy (non-hydrogen) atoms. The highest BCUT2D eigenvalue weighted by atomic mass is 16.3. The van der Waals surface area contributed by atoms with Crippen LogP contribution in [0, 0.1) is 11.3 Å². The fraction of sp³-hybridized carbons (Fsp3) is 0.650. The zero-order chi connectivity index (χ0) is 17.7. The Morgan fingerprint density at radius 3 is 2.88 bits per heavy atom. The summed E-state index contributed by atoms with van der Waals surface area (Å²) >= 11 is 0. The molecule has 2 N–H and O–H groups in total. The monoisotopic (exact) mass is 345 g/mol. The molecule has 2 aliphatic heterocycles. The largest absolute Gasteiger partial charge is 0.396 e. The number of piperidine rings is 1.